The number of nitrogens with zero attached hydrogens (tertiary/aromatic N) is 4. The Balaban J connectivity index is 1.35. The number of amides is 3. The van der Waals surface area contributed by atoms with Crippen molar-refractivity contribution in [3.8, 4) is 5.75 Å². The van der Waals surface area contributed by atoms with Gasteiger partial charge in [-0.05, 0) is 88.6 Å². The Hall–Kier alpha value is -3.80. The molecule has 43 heavy (non-hydrogen) atoms. The number of carbonyl (C=O) groups is 3. The molecule has 5 heterocycles. The monoisotopic (exact) mass is 594 g/mol. The van der Waals surface area contributed by atoms with E-state index >= 15 is 0 Å². The number of hydrogen-bond donors (Lipinski definition) is 3. The van der Waals surface area contributed by atoms with Gasteiger partial charge in [0.15, 0.2) is 5.69 Å². The zero-order chi connectivity index (χ0) is 30.4. The maximum atomic E-state index is 13.8. The first kappa shape index (κ1) is 29.3. The second-order valence-electron chi connectivity index (χ2n) is 12.8. The third-order valence-corrected chi connectivity index (χ3v) is 9.82. The van der Waals surface area contributed by atoms with Crippen molar-refractivity contribution in [2.45, 2.75) is 76.9 Å². The minimum atomic E-state index is -1.15. The molecule has 1 saturated carbocycles. The van der Waals surface area contributed by atoms with Crippen molar-refractivity contribution in [1.82, 2.24) is 30.0 Å². The highest BCUT2D eigenvalue weighted by molar-refractivity contribution is 6.35. The standard InChI is InChI=1S/C31H39FN6O5/c1-20-16-21(6-7-22(20)32)17-33-25(40)23-24(39)27(42)38-19-30(18-36-12-2-3-13-36)8-10-31(11-9-30,29(38)34-23)35-26(41)28(43)37-14-4-5-15-37/h6-7,16,39H,2-5,8-15,17-19H2,1H3,(H,33,40)(H,35,41). The van der Waals surface area contributed by atoms with Gasteiger partial charge in [0.1, 0.15) is 11.6 Å². The average Bonchev–Trinajstić information content (AvgIpc) is 3.68. The molecular formula is C31H39FN6O5. The van der Waals surface area contributed by atoms with Gasteiger partial charge in [-0.3, -0.25) is 23.7 Å². The van der Waals surface area contributed by atoms with Gasteiger partial charge >= 0.3 is 11.8 Å². The number of aromatic hydroxyl groups is 1. The van der Waals surface area contributed by atoms with Gasteiger partial charge in [0.05, 0.1) is 5.54 Å². The summed E-state index contributed by atoms with van der Waals surface area (Å²) in [5.74, 6) is -3.04. The zero-order valence-electron chi connectivity index (χ0n) is 24.6. The topological polar surface area (TPSA) is 137 Å². The normalized spacial score (nSPS) is 24.9. The quantitative estimate of drug-likeness (QED) is 0.435. The van der Waals surface area contributed by atoms with Crippen LogP contribution in [0, 0.1) is 18.2 Å². The van der Waals surface area contributed by atoms with Gasteiger partial charge < -0.3 is 25.5 Å². The number of aromatic nitrogens is 2. The second-order valence-corrected chi connectivity index (χ2v) is 12.8. The van der Waals surface area contributed by atoms with Gasteiger partial charge in [0.2, 0.25) is 5.75 Å². The number of nitrogens with one attached hydrogen (secondary N) is 2. The molecule has 230 valence electrons. The maximum Gasteiger partial charge on any atom is 0.311 e. The summed E-state index contributed by atoms with van der Waals surface area (Å²) in [5, 5.41) is 16.6. The first-order valence-electron chi connectivity index (χ1n) is 15.3. The summed E-state index contributed by atoms with van der Waals surface area (Å²) in [6, 6.07) is 4.46. The molecule has 0 unspecified atom stereocenters. The molecule has 12 heteroatoms. The van der Waals surface area contributed by atoms with Crippen LogP contribution in [-0.2, 0) is 28.2 Å². The third-order valence-electron chi connectivity index (χ3n) is 9.82. The minimum Gasteiger partial charge on any atom is -0.501 e. The van der Waals surface area contributed by atoms with E-state index in [0.29, 0.717) is 56.4 Å². The average molecular weight is 595 g/mol. The van der Waals surface area contributed by atoms with Crippen LogP contribution in [0.4, 0.5) is 4.39 Å². The van der Waals surface area contributed by atoms with E-state index in [1.807, 2.05) is 0 Å². The number of hydrogen-bond acceptors (Lipinski definition) is 7. The summed E-state index contributed by atoms with van der Waals surface area (Å²) >= 11 is 0. The lowest BCUT2D eigenvalue weighted by Crippen LogP contribution is -2.54. The molecule has 0 radical (unpaired) electrons. The van der Waals surface area contributed by atoms with Crippen LogP contribution in [0.15, 0.2) is 23.0 Å². The smallest absolute Gasteiger partial charge is 0.311 e. The largest absolute Gasteiger partial charge is 0.501 e. The van der Waals surface area contributed by atoms with E-state index in [0.717, 1.165) is 45.3 Å². The summed E-state index contributed by atoms with van der Waals surface area (Å²) in [6.07, 6.45) is 6.23. The van der Waals surface area contributed by atoms with Crippen LogP contribution in [0.1, 0.15) is 78.8 Å². The van der Waals surface area contributed by atoms with Crippen molar-refractivity contribution in [3.63, 3.8) is 0 Å². The fourth-order valence-electron chi connectivity index (χ4n) is 7.36. The number of halogens is 1. The highest BCUT2D eigenvalue weighted by Gasteiger charge is 2.52. The molecule has 7 rings (SSSR count). The second kappa shape index (κ2) is 11.4. The first-order chi connectivity index (χ1) is 20.6. The van der Waals surface area contributed by atoms with Crippen LogP contribution < -0.4 is 16.2 Å². The lowest BCUT2D eigenvalue weighted by molar-refractivity contribution is -0.146. The number of benzene rings is 1. The Morgan fingerprint density at radius 3 is 2.37 bits per heavy atom. The fourth-order valence-corrected chi connectivity index (χ4v) is 7.36. The maximum absolute atomic E-state index is 13.8. The molecular weight excluding hydrogens is 555 g/mol. The Bertz CT molecular complexity index is 1500. The van der Waals surface area contributed by atoms with Crippen LogP contribution in [0.25, 0.3) is 0 Å². The Morgan fingerprint density at radius 2 is 1.70 bits per heavy atom. The highest BCUT2D eigenvalue weighted by Crippen LogP contribution is 2.50. The number of rotatable bonds is 6. The molecule has 0 atom stereocenters. The number of aryl methyl sites for hydroxylation is 1. The lowest BCUT2D eigenvalue weighted by Gasteiger charge is -2.43. The summed E-state index contributed by atoms with van der Waals surface area (Å²) in [7, 11) is 0. The van der Waals surface area contributed by atoms with E-state index in [-0.39, 0.29) is 23.6 Å². The molecule has 3 fully saturated rings. The summed E-state index contributed by atoms with van der Waals surface area (Å²) in [5.41, 5.74) is -1.53. The van der Waals surface area contributed by atoms with Gasteiger partial charge in [0.25, 0.3) is 11.5 Å². The molecule has 0 spiro atoms. The Morgan fingerprint density at radius 1 is 1.02 bits per heavy atom. The molecule has 1 aromatic heterocycles. The van der Waals surface area contributed by atoms with Gasteiger partial charge in [-0.1, -0.05) is 12.1 Å². The number of carbonyl (C=O) groups excluding carboxylic acids is 3. The van der Waals surface area contributed by atoms with E-state index in [9.17, 15) is 28.7 Å². The summed E-state index contributed by atoms with van der Waals surface area (Å²) in [4.78, 5) is 62.0. The van der Waals surface area contributed by atoms with E-state index in [4.69, 9.17) is 0 Å². The van der Waals surface area contributed by atoms with Crippen LogP contribution in [0.3, 0.4) is 0 Å². The van der Waals surface area contributed by atoms with E-state index in [2.05, 4.69) is 20.5 Å². The van der Waals surface area contributed by atoms with Crippen LogP contribution >= 0.6 is 0 Å². The predicted octanol–water partition coefficient (Wildman–Crippen LogP) is 1.93. The van der Waals surface area contributed by atoms with Crippen molar-refractivity contribution in [1.29, 1.82) is 0 Å². The molecule has 3 N–H and O–H groups in total. The molecule has 2 bridgehead atoms. The SMILES string of the molecule is Cc1cc(CNC(=O)c2nc3n(c(=O)c2O)CC2(CN4CCCC4)CCC3(NC(=O)C(=O)N3CCCC3)CC2)ccc1F. The Kier molecular flexibility index (Phi) is 7.74. The molecule has 1 aliphatic carbocycles. The molecule has 2 aromatic rings. The molecule has 4 aliphatic heterocycles. The lowest BCUT2D eigenvalue weighted by atomic mass is 9.68. The summed E-state index contributed by atoms with van der Waals surface area (Å²) < 4.78 is 15.1. The number of likely N-dealkylation sites (tertiary alicyclic amines) is 2. The van der Waals surface area contributed by atoms with Gasteiger partial charge in [-0.25, -0.2) is 9.37 Å². The fraction of sp³-hybridized carbons (Fsp3) is 0.581. The van der Waals surface area contributed by atoms with Crippen LogP contribution in [-0.4, -0.2) is 74.9 Å². The van der Waals surface area contributed by atoms with Gasteiger partial charge in [-0.15, -0.1) is 0 Å². The molecule has 5 aliphatic rings. The molecule has 3 amide bonds. The molecule has 11 nitrogen and oxygen atoms in total. The Labute approximate surface area is 249 Å². The van der Waals surface area contributed by atoms with Crippen LogP contribution in [0.5, 0.6) is 5.75 Å². The molecule has 2 saturated heterocycles. The van der Waals surface area contributed by atoms with Gasteiger partial charge in [0, 0.05) is 38.1 Å². The minimum absolute atomic E-state index is 0.0324. The zero-order valence-corrected chi connectivity index (χ0v) is 24.6. The first-order valence-corrected chi connectivity index (χ1v) is 15.3. The van der Waals surface area contributed by atoms with E-state index in [1.54, 1.807) is 19.1 Å². The predicted molar refractivity (Wildman–Crippen MR) is 155 cm³/mol. The summed E-state index contributed by atoms with van der Waals surface area (Å²) in [6.45, 7) is 5.77. The van der Waals surface area contributed by atoms with Crippen LogP contribution in [0.2, 0.25) is 0 Å². The van der Waals surface area contributed by atoms with Crippen molar-refractivity contribution < 1.29 is 23.9 Å². The van der Waals surface area contributed by atoms with Crippen molar-refractivity contribution in [2.75, 3.05) is 32.7 Å². The van der Waals surface area contributed by atoms with Crippen molar-refractivity contribution in [3.05, 3.63) is 57.0 Å². The van der Waals surface area contributed by atoms with Crippen molar-refractivity contribution >= 4 is 17.7 Å². The van der Waals surface area contributed by atoms with Crippen molar-refractivity contribution in [2.24, 2.45) is 5.41 Å². The third kappa shape index (κ3) is 5.52. The molecule has 1 aromatic carbocycles. The van der Waals surface area contributed by atoms with E-state index < -0.39 is 40.3 Å². The highest BCUT2D eigenvalue weighted by atomic mass is 19.1. The van der Waals surface area contributed by atoms with E-state index in [1.165, 1.54) is 15.5 Å². The number of fused-ring (bicyclic) bond motifs is 2. The van der Waals surface area contributed by atoms with Gasteiger partial charge in [-0.2, -0.15) is 0 Å².